The first kappa shape index (κ1) is 27.3. The van der Waals surface area contributed by atoms with Crippen LogP contribution >= 0.6 is 0 Å². The standard InChI is InChI=1S/C31H37FN2O2/c1-4-6-10-20-35-24(3)11-8-7-9-12-26-15-18-28(21-30(26)32)25-13-16-27(17-14-25)31-33-22-29(23-34-31)36-19-5-2/h5,9,12-18,21-24H,2,4,6-8,10-11,19-20H2,1,3H3/b12-9+. The molecule has 0 bridgehead atoms. The third-order valence-corrected chi connectivity index (χ3v) is 5.90. The van der Waals surface area contributed by atoms with Crippen molar-refractivity contribution in [1.29, 1.82) is 0 Å². The highest BCUT2D eigenvalue weighted by Crippen LogP contribution is 2.26. The minimum Gasteiger partial charge on any atom is -0.486 e. The van der Waals surface area contributed by atoms with Crippen molar-refractivity contribution in [3.8, 4) is 28.3 Å². The molecule has 3 aromatic rings. The monoisotopic (exact) mass is 488 g/mol. The van der Waals surface area contributed by atoms with Crippen LogP contribution in [0.4, 0.5) is 4.39 Å². The molecule has 0 aliphatic rings. The highest BCUT2D eigenvalue weighted by molar-refractivity contribution is 5.69. The topological polar surface area (TPSA) is 44.2 Å². The summed E-state index contributed by atoms with van der Waals surface area (Å²) >= 11 is 0. The molecule has 0 fully saturated rings. The Morgan fingerprint density at radius 1 is 0.972 bits per heavy atom. The Balaban J connectivity index is 1.51. The molecule has 1 unspecified atom stereocenters. The molecule has 0 N–H and O–H groups in total. The molecule has 0 saturated carbocycles. The Morgan fingerprint density at radius 2 is 1.69 bits per heavy atom. The van der Waals surface area contributed by atoms with E-state index in [2.05, 4.69) is 30.4 Å². The molecular formula is C31H37FN2O2. The fraction of sp³-hybridized carbons (Fsp3) is 0.355. The lowest BCUT2D eigenvalue weighted by Crippen LogP contribution is -2.08. The van der Waals surface area contributed by atoms with Gasteiger partial charge in [0.25, 0.3) is 0 Å². The zero-order valence-corrected chi connectivity index (χ0v) is 21.5. The van der Waals surface area contributed by atoms with E-state index in [0.29, 0.717) is 23.7 Å². The number of hydrogen-bond acceptors (Lipinski definition) is 4. The quantitative estimate of drug-likeness (QED) is 0.159. The Morgan fingerprint density at radius 3 is 2.39 bits per heavy atom. The minimum atomic E-state index is -0.223. The lowest BCUT2D eigenvalue weighted by Gasteiger charge is -2.12. The van der Waals surface area contributed by atoms with Crippen molar-refractivity contribution in [2.75, 3.05) is 13.2 Å². The lowest BCUT2D eigenvalue weighted by molar-refractivity contribution is 0.0566. The normalized spacial score (nSPS) is 12.1. The molecule has 0 aliphatic heterocycles. The molecule has 36 heavy (non-hydrogen) atoms. The number of hydrogen-bond donors (Lipinski definition) is 0. The summed E-state index contributed by atoms with van der Waals surface area (Å²) in [5.41, 5.74) is 3.26. The van der Waals surface area contributed by atoms with Gasteiger partial charge in [-0.1, -0.05) is 81.0 Å². The molecular weight excluding hydrogens is 451 g/mol. The summed E-state index contributed by atoms with van der Waals surface area (Å²) in [6, 6.07) is 13.2. The smallest absolute Gasteiger partial charge is 0.159 e. The third kappa shape index (κ3) is 8.72. The van der Waals surface area contributed by atoms with Crippen molar-refractivity contribution in [2.24, 2.45) is 0 Å². The SMILES string of the molecule is C=CCOc1cnc(-c2ccc(-c3ccc(/C=C/CCCC(C)OCCCCC)c(F)c3)cc2)nc1. The summed E-state index contributed by atoms with van der Waals surface area (Å²) in [6.45, 7) is 9.21. The van der Waals surface area contributed by atoms with Gasteiger partial charge in [-0.15, -0.1) is 0 Å². The van der Waals surface area contributed by atoms with Gasteiger partial charge in [0.15, 0.2) is 11.6 Å². The van der Waals surface area contributed by atoms with E-state index < -0.39 is 0 Å². The van der Waals surface area contributed by atoms with E-state index in [4.69, 9.17) is 9.47 Å². The number of nitrogens with zero attached hydrogens (tertiary/aromatic N) is 2. The average Bonchev–Trinajstić information content (AvgIpc) is 2.91. The number of allylic oxidation sites excluding steroid dienone is 1. The number of unbranched alkanes of at least 4 members (excludes halogenated alkanes) is 3. The number of benzene rings is 2. The van der Waals surface area contributed by atoms with Gasteiger partial charge in [0.05, 0.1) is 18.5 Å². The Bertz CT molecular complexity index is 1090. The largest absolute Gasteiger partial charge is 0.486 e. The van der Waals surface area contributed by atoms with E-state index in [1.165, 1.54) is 12.8 Å². The van der Waals surface area contributed by atoms with Crippen molar-refractivity contribution in [3.05, 3.63) is 85.0 Å². The van der Waals surface area contributed by atoms with Crippen LogP contribution in [-0.2, 0) is 4.74 Å². The van der Waals surface area contributed by atoms with E-state index in [1.807, 2.05) is 48.6 Å². The summed E-state index contributed by atoms with van der Waals surface area (Å²) in [4.78, 5) is 8.71. The van der Waals surface area contributed by atoms with Crippen molar-refractivity contribution >= 4 is 6.08 Å². The van der Waals surface area contributed by atoms with E-state index in [9.17, 15) is 4.39 Å². The van der Waals surface area contributed by atoms with Gasteiger partial charge in [-0.25, -0.2) is 14.4 Å². The van der Waals surface area contributed by atoms with Gasteiger partial charge in [-0.3, -0.25) is 0 Å². The highest BCUT2D eigenvalue weighted by Gasteiger charge is 2.06. The van der Waals surface area contributed by atoms with Crippen LogP contribution in [0.15, 0.2) is 73.6 Å². The van der Waals surface area contributed by atoms with Crippen molar-refractivity contribution in [2.45, 2.75) is 58.5 Å². The van der Waals surface area contributed by atoms with E-state index in [0.717, 1.165) is 49.0 Å². The summed E-state index contributed by atoms with van der Waals surface area (Å²) < 4.78 is 26.0. The Kier molecular flexibility index (Phi) is 11.3. The van der Waals surface area contributed by atoms with Gasteiger partial charge in [0.1, 0.15) is 12.4 Å². The maximum atomic E-state index is 14.7. The maximum Gasteiger partial charge on any atom is 0.159 e. The molecule has 5 heteroatoms. The van der Waals surface area contributed by atoms with E-state index in [1.54, 1.807) is 24.5 Å². The molecule has 1 atom stereocenters. The maximum absolute atomic E-state index is 14.7. The third-order valence-electron chi connectivity index (χ3n) is 5.90. The molecule has 190 valence electrons. The number of rotatable bonds is 15. The molecule has 3 rings (SSSR count). The van der Waals surface area contributed by atoms with Crippen LogP contribution in [0.5, 0.6) is 5.75 Å². The zero-order valence-electron chi connectivity index (χ0n) is 21.5. The van der Waals surface area contributed by atoms with Crippen LogP contribution in [0.25, 0.3) is 28.6 Å². The first-order valence-electron chi connectivity index (χ1n) is 12.8. The van der Waals surface area contributed by atoms with Gasteiger partial charge in [0.2, 0.25) is 0 Å². The van der Waals surface area contributed by atoms with Crippen LogP contribution < -0.4 is 4.74 Å². The summed E-state index contributed by atoms with van der Waals surface area (Å²) in [5, 5.41) is 0. The van der Waals surface area contributed by atoms with Crippen molar-refractivity contribution in [3.63, 3.8) is 0 Å². The zero-order chi connectivity index (χ0) is 25.6. The van der Waals surface area contributed by atoms with E-state index in [-0.39, 0.29) is 11.9 Å². The molecule has 0 aliphatic carbocycles. The average molecular weight is 489 g/mol. The molecule has 0 amide bonds. The molecule has 2 aromatic carbocycles. The van der Waals surface area contributed by atoms with Crippen LogP contribution in [0.1, 0.15) is 57.9 Å². The predicted molar refractivity (Wildman–Crippen MR) is 146 cm³/mol. The van der Waals surface area contributed by atoms with Crippen LogP contribution in [0.3, 0.4) is 0 Å². The van der Waals surface area contributed by atoms with E-state index >= 15 is 0 Å². The molecule has 0 spiro atoms. The fourth-order valence-electron chi connectivity index (χ4n) is 3.80. The van der Waals surface area contributed by atoms with Crippen LogP contribution in [0, 0.1) is 5.82 Å². The van der Waals surface area contributed by atoms with Gasteiger partial charge < -0.3 is 9.47 Å². The summed E-state index contributed by atoms with van der Waals surface area (Å²) in [5.74, 6) is 0.983. The van der Waals surface area contributed by atoms with Gasteiger partial charge in [0, 0.05) is 17.7 Å². The first-order valence-corrected chi connectivity index (χ1v) is 12.8. The van der Waals surface area contributed by atoms with Crippen LogP contribution in [-0.4, -0.2) is 29.3 Å². The lowest BCUT2D eigenvalue weighted by atomic mass is 10.0. The second-order valence-electron chi connectivity index (χ2n) is 8.88. The van der Waals surface area contributed by atoms with Gasteiger partial charge in [-0.2, -0.15) is 0 Å². The Labute approximate surface area is 214 Å². The molecule has 0 radical (unpaired) electrons. The molecule has 4 nitrogen and oxygen atoms in total. The molecule has 0 saturated heterocycles. The van der Waals surface area contributed by atoms with Crippen molar-refractivity contribution < 1.29 is 13.9 Å². The van der Waals surface area contributed by atoms with Crippen molar-refractivity contribution in [1.82, 2.24) is 9.97 Å². The highest BCUT2D eigenvalue weighted by atomic mass is 19.1. The summed E-state index contributed by atoms with van der Waals surface area (Å²) in [6.07, 6.45) is 15.7. The first-order chi connectivity index (χ1) is 17.6. The minimum absolute atomic E-state index is 0.223. The Hall–Kier alpha value is -3.31. The fourth-order valence-corrected chi connectivity index (χ4v) is 3.80. The number of aromatic nitrogens is 2. The predicted octanol–water partition coefficient (Wildman–Crippen LogP) is 8.29. The summed E-state index contributed by atoms with van der Waals surface area (Å²) in [7, 11) is 0. The second-order valence-corrected chi connectivity index (χ2v) is 8.88. The number of halogens is 1. The number of ether oxygens (including phenoxy) is 2. The second kappa shape index (κ2) is 14.9. The van der Waals surface area contributed by atoms with Gasteiger partial charge in [-0.05, 0) is 49.8 Å². The van der Waals surface area contributed by atoms with Gasteiger partial charge >= 0.3 is 0 Å². The van der Waals surface area contributed by atoms with Crippen LogP contribution in [0.2, 0.25) is 0 Å². The molecule has 1 heterocycles. The molecule has 1 aromatic heterocycles.